The van der Waals surface area contributed by atoms with E-state index in [1.54, 1.807) is 0 Å². The van der Waals surface area contributed by atoms with Gasteiger partial charge >= 0.3 is 0 Å². The molecule has 0 unspecified atom stereocenters. The molecule has 53 heavy (non-hydrogen) atoms. The van der Waals surface area contributed by atoms with Crippen molar-refractivity contribution in [2.75, 3.05) is 0 Å². The smallest absolute Gasteiger partial charge is 0.160 e. The Morgan fingerprint density at radius 2 is 1.23 bits per heavy atom. The highest BCUT2D eigenvalue weighted by Gasteiger charge is 2.35. The summed E-state index contributed by atoms with van der Waals surface area (Å²) in [6, 6.07) is 58.8. The van der Waals surface area contributed by atoms with Crippen molar-refractivity contribution in [3.63, 3.8) is 0 Å². The predicted molar refractivity (Wildman–Crippen MR) is 219 cm³/mol. The summed E-state index contributed by atoms with van der Waals surface area (Å²) in [5.74, 6) is 0.720. The fraction of sp³-hybridized carbons (Fsp3) is 0.0612. The van der Waals surface area contributed by atoms with Gasteiger partial charge in [-0.25, -0.2) is 9.97 Å². The Kier molecular flexibility index (Phi) is 6.27. The molecule has 4 nitrogen and oxygen atoms in total. The van der Waals surface area contributed by atoms with Gasteiger partial charge in [0.1, 0.15) is 0 Å². The number of nitrogens with zero attached hydrogens (tertiary/aromatic N) is 4. The SMILES string of the molecule is CC1(C)c2ccccc2-c2ccc(-c3nc(-c4ccc(-n5c6ccccc6c6c7c(ccc65)ccn7-c5ccccc5)cc4)nc4ccccc34)cc21. The quantitative estimate of drug-likeness (QED) is 0.186. The van der Waals surface area contributed by atoms with Crippen LogP contribution in [0.3, 0.4) is 0 Å². The van der Waals surface area contributed by atoms with Gasteiger partial charge in [0.15, 0.2) is 5.82 Å². The van der Waals surface area contributed by atoms with Gasteiger partial charge in [0.2, 0.25) is 0 Å². The molecule has 0 radical (unpaired) electrons. The van der Waals surface area contributed by atoms with Gasteiger partial charge in [-0.05, 0) is 89.0 Å². The molecule has 11 rings (SSSR count). The van der Waals surface area contributed by atoms with Crippen LogP contribution < -0.4 is 0 Å². The molecule has 7 aromatic carbocycles. The molecule has 4 heteroatoms. The van der Waals surface area contributed by atoms with E-state index >= 15 is 0 Å². The topological polar surface area (TPSA) is 35.6 Å². The second kappa shape index (κ2) is 11.1. The van der Waals surface area contributed by atoms with Crippen LogP contribution in [0.4, 0.5) is 0 Å². The van der Waals surface area contributed by atoms with Crippen molar-refractivity contribution in [3.8, 4) is 45.1 Å². The lowest BCUT2D eigenvalue weighted by molar-refractivity contribution is 0.660. The molecule has 0 aliphatic heterocycles. The Hall–Kier alpha value is -6.78. The van der Waals surface area contributed by atoms with Gasteiger partial charge in [0, 0.05) is 55.7 Å². The highest BCUT2D eigenvalue weighted by atomic mass is 15.0. The summed E-state index contributed by atoms with van der Waals surface area (Å²) >= 11 is 0. The normalized spacial score (nSPS) is 13.2. The summed E-state index contributed by atoms with van der Waals surface area (Å²) in [4.78, 5) is 10.4. The van der Waals surface area contributed by atoms with Gasteiger partial charge in [0.25, 0.3) is 0 Å². The summed E-state index contributed by atoms with van der Waals surface area (Å²) in [7, 11) is 0. The Morgan fingerprint density at radius 1 is 0.509 bits per heavy atom. The van der Waals surface area contributed by atoms with Crippen LogP contribution >= 0.6 is 0 Å². The fourth-order valence-corrected chi connectivity index (χ4v) is 8.80. The minimum Gasteiger partial charge on any atom is -0.316 e. The molecule has 0 N–H and O–H groups in total. The predicted octanol–water partition coefficient (Wildman–Crippen LogP) is 12.3. The maximum Gasteiger partial charge on any atom is 0.160 e. The Morgan fingerprint density at radius 3 is 2.09 bits per heavy atom. The number of fused-ring (bicyclic) bond motifs is 9. The van der Waals surface area contributed by atoms with Gasteiger partial charge < -0.3 is 9.13 Å². The first-order valence-electron chi connectivity index (χ1n) is 18.3. The summed E-state index contributed by atoms with van der Waals surface area (Å²) in [5.41, 5.74) is 15.1. The van der Waals surface area contributed by atoms with Crippen LogP contribution in [0, 0.1) is 0 Å². The Labute approximate surface area is 307 Å². The number of hydrogen-bond donors (Lipinski definition) is 0. The molecule has 0 saturated carbocycles. The summed E-state index contributed by atoms with van der Waals surface area (Å²) in [5, 5.41) is 4.76. The molecule has 1 aliphatic carbocycles. The molecule has 250 valence electrons. The third-order valence-corrected chi connectivity index (χ3v) is 11.4. The van der Waals surface area contributed by atoms with Crippen molar-refractivity contribution in [1.82, 2.24) is 19.1 Å². The van der Waals surface area contributed by atoms with E-state index in [1.165, 1.54) is 55.0 Å². The Balaban J connectivity index is 1.05. The van der Waals surface area contributed by atoms with Crippen LogP contribution in [0.1, 0.15) is 25.0 Å². The maximum absolute atomic E-state index is 5.30. The first-order chi connectivity index (χ1) is 26.0. The average molecular weight is 679 g/mol. The van der Waals surface area contributed by atoms with E-state index in [9.17, 15) is 0 Å². The van der Waals surface area contributed by atoms with Crippen molar-refractivity contribution in [3.05, 3.63) is 181 Å². The van der Waals surface area contributed by atoms with Crippen molar-refractivity contribution in [1.29, 1.82) is 0 Å². The minimum atomic E-state index is -0.0906. The molecule has 0 fully saturated rings. The van der Waals surface area contributed by atoms with Crippen molar-refractivity contribution >= 4 is 43.6 Å². The molecule has 3 heterocycles. The summed E-state index contributed by atoms with van der Waals surface area (Å²) in [6.07, 6.45) is 2.18. The number of hydrogen-bond acceptors (Lipinski definition) is 2. The number of benzene rings is 7. The highest BCUT2D eigenvalue weighted by molar-refractivity contribution is 6.20. The molecule has 0 spiro atoms. The lowest BCUT2D eigenvalue weighted by atomic mass is 9.82. The molecule has 0 bridgehead atoms. The van der Waals surface area contributed by atoms with Crippen LogP contribution in [0.5, 0.6) is 0 Å². The zero-order chi connectivity index (χ0) is 35.3. The number of para-hydroxylation sites is 3. The molecule has 3 aromatic heterocycles. The van der Waals surface area contributed by atoms with E-state index in [-0.39, 0.29) is 5.41 Å². The van der Waals surface area contributed by atoms with Gasteiger partial charge in [-0.15, -0.1) is 0 Å². The Bertz CT molecular complexity index is 3070. The maximum atomic E-state index is 5.30. The van der Waals surface area contributed by atoms with Crippen LogP contribution in [0.2, 0.25) is 0 Å². The molecule has 10 aromatic rings. The van der Waals surface area contributed by atoms with Gasteiger partial charge in [-0.3, -0.25) is 0 Å². The minimum absolute atomic E-state index is 0.0906. The third kappa shape index (κ3) is 4.36. The molecular weight excluding hydrogens is 645 g/mol. The van der Waals surface area contributed by atoms with E-state index in [0.29, 0.717) is 0 Å². The zero-order valence-corrected chi connectivity index (χ0v) is 29.5. The van der Waals surface area contributed by atoms with Crippen LogP contribution in [0.15, 0.2) is 170 Å². The first-order valence-corrected chi connectivity index (χ1v) is 18.3. The summed E-state index contributed by atoms with van der Waals surface area (Å²) in [6.45, 7) is 4.65. The third-order valence-electron chi connectivity index (χ3n) is 11.4. The van der Waals surface area contributed by atoms with E-state index in [0.717, 1.165) is 44.9 Å². The lowest BCUT2D eigenvalue weighted by Gasteiger charge is -2.22. The van der Waals surface area contributed by atoms with Crippen molar-refractivity contribution in [2.45, 2.75) is 19.3 Å². The highest BCUT2D eigenvalue weighted by Crippen LogP contribution is 2.49. The number of aromatic nitrogens is 4. The monoisotopic (exact) mass is 678 g/mol. The summed E-state index contributed by atoms with van der Waals surface area (Å²) < 4.78 is 4.69. The lowest BCUT2D eigenvalue weighted by Crippen LogP contribution is -2.14. The molecule has 0 amide bonds. The number of rotatable bonds is 4. The second-order valence-corrected chi connectivity index (χ2v) is 14.7. The standard InChI is InChI=1S/C49H34N4/c1-49(2)40-17-9-6-14-36(40)37-26-22-33(30-41(37)49)46-38-15-7-10-18-42(38)50-48(51-46)32-20-24-35(25-21-32)53-43-19-11-8-16-39(43)45-44(53)27-23-31-28-29-52(47(31)45)34-12-4-3-5-13-34/h3-30H,1-2H3. The molecule has 0 saturated heterocycles. The van der Waals surface area contributed by atoms with Crippen LogP contribution in [0.25, 0.3) is 88.8 Å². The van der Waals surface area contributed by atoms with E-state index < -0.39 is 0 Å². The van der Waals surface area contributed by atoms with E-state index in [4.69, 9.17) is 9.97 Å². The first kappa shape index (κ1) is 29.9. The largest absolute Gasteiger partial charge is 0.316 e. The van der Waals surface area contributed by atoms with E-state index in [1.807, 2.05) is 0 Å². The van der Waals surface area contributed by atoms with E-state index in [2.05, 4.69) is 193 Å². The molecular formula is C49H34N4. The van der Waals surface area contributed by atoms with Gasteiger partial charge in [0.05, 0.1) is 27.8 Å². The van der Waals surface area contributed by atoms with Crippen LogP contribution in [-0.2, 0) is 5.41 Å². The fourth-order valence-electron chi connectivity index (χ4n) is 8.80. The van der Waals surface area contributed by atoms with Crippen LogP contribution in [-0.4, -0.2) is 19.1 Å². The van der Waals surface area contributed by atoms with Crippen molar-refractivity contribution < 1.29 is 0 Å². The second-order valence-electron chi connectivity index (χ2n) is 14.7. The average Bonchev–Trinajstić information content (AvgIpc) is 3.86. The molecule has 1 aliphatic rings. The van der Waals surface area contributed by atoms with Crippen molar-refractivity contribution in [2.24, 2.45) is 0 Å². The molecule has 0 atom stereocenters. The van der Waals surface area contributed by atoms with Gasteiger partial charge in [-0.1, -0.05) is 111 Å². The van der Waals surface area contributed by atoms with Gasteiger partial charge in [-0.2, -0.15) is 0 Å². The zero-order valence-electron chi connectivity index (χ0n) is 29.5.